The molecule has 20 nitrogen and oxygen atoms in total. The number of rotatable bonds is 17. The third kappa shape index (κ3) is 14.6. The molecule has 0 saturated heterocycles. The number of halogens is 1. The van der Waals surface area contributed by atoms with E-state index in [1.165, 1.54) is 48.5 Å². The summed E-state index contributed by atoms with van der Waals surface area (Å²) in [5.74, 6) is -1.32. The first-order valence-corrected chi connectivity index (χ1v) is 21.5. The molecule has 5 aromatic carbocycles. The van der Waals surface area contributed by atoms with E-state index in [1.54, 1.807) is 24.3 Å². The van der Waals surface area contributed by atoms with E-state index in [-0.39, 0.29) is 114 Å². The van der Waals surface area contributed by atoms with Gasteiger partial charge in [-0.2, -0.15) is 24.4 Å². The molecular formula is C37H33ClN9Na2O11S3+. The molecule has 318 valence electrons. The molecule has 0 bridgehead atoms. The minimum Gasteiger partial charge on any atom is -0.726 e. The zero-order valence-corrected chi connectivity index (χ0v) is 41.2. The van der Waals surface area contributed by atoms with Gasteiger partial charge in [-0.15, -0.1) is 5.11 Å². The van der Waals surface area contributed by atoms with Crippen molar-refractivity contribution >= 4 is 107 Å². The van der Waals surface area contributed by atoms with Gasteiger partial charge in [0.15, 0.2) is 15.6 Å². The minimum atomic E-state index is -5.04. The van der Waals surface area contributed by atoms with E-state index >= 15 is 0 Å². The molecule has 4 N–H and O–H groups in total. The fourth-order valence-corrected chi connectivity index (χ4v) is 7.58. The van der Waals surface area contributed by atoms with Crippen molar-refractivity contribution in [3.63, 3.8) is 0 Å². The Balaban J connectivity index is 0.00000436. The van der Waals surface area contributed by atoms with E-state index in [9.17, 15) is 36.5 Å². The van der Waals surface area contributed by atoms with Gasteiger partial charge in [0.2, 0.25) is 27.6 Å². The first-order chi connectivity index (χ1) is 28.9. The Kier molecular flexibility index (Phi) is 18.4. The van der Waals surface area contributed by atoms with Crippen molar-refractivity contribution in [2.45, 2.75) is 9.79 Å². The molecule has 0 aliphatic heterocycles. The standard InChI is InChI=1S/C37H34ClN9O11S3.2Na/c1-47(2,3)28-14-10-25(11-15-28)40-36-42-35(38)43-37(44-36)41-27-9-6-23-20-31(59-58-57-50)32(33(48)30(23)21-27)46-45-26-7-4-22(5-8-26)34(49)39-24-12-16-29(17-13-24)60(51,52)19-18-56-61(53,54)55;;/h4-17,20-21H,18-19H2,1-3H3,(H5-,39,40,41,42,43,44,45,46,48,49,50,53,54,55);;/q;2*+1/p-1. The van der Waals surface area contributed by atoms with Gasteiger partial charge in [-0.1, -0.05) is 6.07 Å². The average molecular weight is 957 g/mol. The summed E-state index contributed by atoms with van der Waals surface area (Å²) in [6, 6.07) is 25.2. The molecule has 0 unspecified atom stereocenters. The monoisotopic (exact) mass is 956 g/mol. The van der Waals surface area contributed by atoms with Crippen molar-refractivity contribution in [3.05, 3.63) is 108 Å². The zero-order valence-electron chi connectivity index (χ0n) is 34.0. The zero-order chi connectivity index (χ0) is 44.0. The van der Waals surface area contributed by atoms with Gasteiger partial charge in [0, 0.05) is 40.1 Å². The number of nitrogens with one attached hydrogen (secondary N) is 3. The molecule has 0 atom stereocenters. The maximum absolute atomic E-state index is 12.9. The number of aromatic nitrogens is 3. The van der Waals surface area contributed by atoms with Crippen LogP contribution in [0.25, 0.3) is 10.8 Å². The Labute approximate surface area is 414 Å². The number of quaternary nitrogens is 1. The third-order valence-corrected chi connectivity index (χ3v) is 11.3. The second-order valence-electron chi connectivity index (χ2n) is 13.6. The number of hydrogen-bond acceptors (Lipinski definition) is 19. The second-order valence-corrected chi connectivity index (χ2v) is 17.8. The number of anilines is 5. The summed E-state index contributed by atoms with van der Waals surface area (Å²) in [5.41, 5.74) is 2.93. The minimum absolute atomic E-state index is 0. The van der Waals surface area contributed by atoms with Gasteiger partial charge in [0.05, 0.1) is 61.0 Å². The number of nitrogens with zero attached hydrogens (tertiary/aromatic N) is 6. The van der Waals surface area contributed by atoms with E-state index in [2.05, 4.69) is 75.8 Å². The number of phenolic OH excluding ortho intramolecular Hbond substituents is 1. The van der Waals surface area contributed by atoms with Crippen LogP contribution in [-0.2, 0) is 33.8 Å². The maximum atomic E-state index is 12.9. The van der Waals surface area contributed by atoms with Crippen LogP contribution in [-0.4, -0.2) is 80.9 Å². The van der Waals surface area contributed by atoms with Crippen LogP contribution in [0.15, 0.2) is 117 Å². The van der Waals surface area contributed by atoms with E-state index < -0.39 is 38.5 Å². The number of aromatic hydroxyl groups is 1. The second kappa shape index (κ2) is 22.4. The van der Waals surface area contributed by atoms with Gasteiger partial charge < -0.3 is 30.9 Å². The van der Waals surface area contributed by atoms with E-state index in [0.29, 0.717) is 33.0 Å². The van der Waals surface area contributed by atoms with Crippen LogP contribution in [0, 0.1) is 0 Å². The summed E-state index contributed by atoms with van der Waals surface area (Å²) in [6.07, 6.45) is 0. The van der Waals surface area contributed by atoms with Gasteiger partial charge in [-0.05, 0) is 95.8 Å². The first kappa shape index (κ1) is 51.8. The number of carbonyl (C=O) groups excluding carboxylic acids is 1. The molecule has 0 fully saturated rings. The summed E-state index contributed by atoms with van der Waals surface area (Å²) in [6.45, 7) is -0.844. The van der Waals surface area contributed by atoms with Crippen LogP contribution >= 0.6 is 23.6 Å². The van der Waals surface area contributed by atoms with Gasteiger partial charge >= 0.3 is 59.1 Å². The number of phenols is 1. The van der Waals surface area contributed by atoms with Crippen LogP contribution in [0.1, 0.15) is 10.4 Å². The number of fused-ring (bicyclic) bond motifs is 1. The molecule has 0 aliphatic rings. The van der Waals surface area contributed by atoms with Gasteiger partial charge in [-0.3, -0.25) is 18.5 Å². The van der Waals surface area contributed by atoms with Gasteiger partial charge in [0.25, 0.3) is 5.91 Å². The molecule has 0 spiro atoms. The fraction of sp³-hybridized carbons (Fsp3) is 0.135. The van der Waals surface area contributed by atoms with Crippen LogP contribution in [0.5, 0.6) is 5.75 Å². The Bertz CT molecular complexity index is 2830. The first-order valence-electron chi connectivity index (χ1n) is 17.4. The van der Waals surface area contributed by atoms with Crippen molar-refractivity contribution in [2.24, 2.45) is 10.2 Å². The molecule has 6 aromatic rings. The largest absolute Gasteiger partial charge is 1.00 e. The van der Waals surface area contributed by atoms with Crippen molar-refractivity contribution in [1.29, 1.82) is 0 Å². The molecule has 63 heavy (non-hydrogen) atoms. The van der Waals surface area contributed by atoms with Crippen molar-refractivity contribution in [1.82, 2.24) is 19.4 Å². The number of hydrogen-bond donors (Lipinski definition) is 4. The van der Waals surface area contributed by atoms with Crippen LogP contribution in [0.3, 0.4) is 0 Å². The number of carbonyl (C=O) groups is 1. The van der Waals surface area contributed by atoms with Crippen molar-refractivity contribution in [2.75, 3.05) is 49.5 Å². The number of benzene rings is 5. The van der Waals surface area contributed by atoms with E-state index in [0.717, 1.165) is 11.4 Å². The van der Waals surface area contributed by atoms with Crippen LogP contribution in [0.2, 0.25) is 5.28 Å². The molecule has 0 saturated carbocycles. The molecule has 26 heteroatoms. The van der Waals surface area contributed by atoms with Gasteiger partial charge in [-0.25, -0.2) is 16.8 Å². The van der Waals surface area contributed by atoms with Crippen LogP contribution < -0.4 is 84.8 Å². The summed E-state index contributed by atoms with van der Waals surface area (Å²) in [7, 11) is -2.85. The summed E-state index contributed by atoms with van der Waals surface area (Å²) in [5, 5.41) is 43.6. The average Bonchev–Trinajstić information content (AvgIpc) is 3.19. The molecule has 1 heterocycles. The fourth-order valence-electron chi connectivity index (χ4n) is 5.44. The number of sulfone groups is 1. The smallest absolute Gasteiger partial charge is 0.726 e. The topological polar surface area (TPSA) is 279 Å². The predicted molar refractivity (Wildman–Crippen MR) is 224 cm³/mol. The Morgan fingerprint density at radius 1 is 0.825 bits per heavy atom. The predicted octanol–water partition coefficient (Wildman–Crippen LogP) is 0.225. The van der Waals surface area contributed by atoms with E-state index in [4.69, 9.17) is 11.6 Å². The number of amides is 1. The Morgan fingerprint density at radius 2 is 1.43 bits per heavy atom. The summed E-state index contributed by atoms with van der Waals surface area (Å²) in [4.78, 5) is 25.7. The maximum Gasteiger partial charge on any atom is 1.00 e. The van der Waals surface area contributed by atoms with Crippen molar-refractivity contribution < 1.29 is 109 Å². The molecule has 1 amide bonds. The van der Waals surface area contributed by atoms with E-state index in [1.807, 2.05) is 24.3 Å². The van der Waals surface area contributed by atoms with Crippen molar-refractivity contribution in [3.8, 4) is 5.75 Å². The molecule has 6 rings (SSSR count). The normalized spacial score (nSPS) is 11.8. The summed E-state index contributed by atoms with van der Waals surface area (Å²) < 4.78 is 65.7. The quantitative estimate of drug-likeness (QED) is 0.0139. The Hall–Kier alpha value is -3.86. The van der Waals surface area contributed by atoms with Crippen LogP contribution in [0.4, 0.5) is 46.0 Å². The SMILES string of the molecule is C[N+](C)(C)c1ccc(Nc2nc(Cl)nc(Nc3ccc4cc(SOO[O-])c(N=Nc5ccc(C(=O)Nc6ccc(S(=O)(=O)CCOS(=O)(=O)[O-])cc6)cc5)c(O)c4c3)n2)cc1.[Na+].[Na+]. The molecular weight excluding hydrogens is 924 g/mol. The molecule has 1 aromatic heterocycles. The summed E-state index contributed by atoms with van der Waals surface area (Å²) >= 11 is 6.73. The number of azo groups is 1. The third-order valence-electron chi connectivity index (χ3n) is 8.41. The molecule has 0 aliphatic carbocycles. The Morgan fingerprint density at radius 3 is 2.03 bits per heavy atom. The molecule has 0 radical (unpaired) electrons. The van der Waals surface area contributed by atoms with Gasteiger partial charge in [0.1, 0.15) is 11.4 Å².